The van der Waals surface area contributed by atoms with Crippen LogP contribution in [0.25, 0.3) is 0 Å². The van der Waals surface area contributed by atoms with E-state index in [1.165, 1.54) is 19.6 Å². The molecule has 0 unspecified atom stereocenters. The number of aliphatic carboxylic acids is 2. The summed E-state index contributed by atoms with van der Waals surface area (Å²) in [5.74, 6) is -7.20. The molecule has 4 aliphatic rings. The van der Waals surface area contributed by atoms with Crippen molar-refractivity contribution in [2.24, 2.45) is 5.73 Å². The van der Waals surface area contributed by atoms with Gasteiger partial charge in [0.1, 0.15) is 36.3 Å². The molecule has 0 spiro atoms. The van der Waals surface area contributed by atoms with Crippen LogP contribution in [0.5, 0.6) is 0 Å². The molecule has 6 atom stereocenters. The zero-order valence-electron chi connectivity index (χ0n) is 33.9. The number of amides is 8. The number of nitrogens with two attached hydrogens (primary N) is 1. The molecule has 8 amide bonds. The summed E-state index contributed by atoms with van der Waals surface area (Å²) in [6, 6.07) is 2.67. The van der Waals surface area contributed by atoms with Crippen LogP contribution in [0, 0.1) is 0 Å². The van der Waals surface area contributed by atoms with Gasteiger partial charge < -0.3 is 56.8 Å². The lowest BCUT2D eigenvalue weighted by atomic mass is 10.0. The number of likely N-dealkylation sites (tertiary alicyclic amines) is 4. The number of hydrogen-bond donors (Lipinski definition) is 7. The first-order chi connectivity index (χ1) is 29.2. The molecule has 4 heterocycles. The zero-order chi connectivity index (χ0) is 44.2. The quantitative estimate of drug-likeness (QED) is 0.0793. The molecule has 0 radical (unpaired) electrons. The third-order valence-electron chi connectivity index (χ3n) is 11.6. The molecule has 21 heteroatoms. The molecule has 1 aromatic carbocycles. The zero-order valence-corrected chi connectivity index (χ0v) is 33.9. The molecule has 4 fully saturated rings. The van der Waals surface area contributed by atoms with Crippen LogP contribution in [0.15, 0.2) is 30.3 Å². The van der Waals surface area contributed by atoms with E-state index in [1.54, 1.807) is 30.3 Å². The second kappa shape index (κ2) is 21.4. The number of carbonyl (C=O) groups is 10. The van der Waals surface area contributed by atoms with Crippen molar-refractivity contribution in [3.8, 4) is 0 Å². The maximum absolute atomic E-state index is 13.9. The predicted octanol–water partition coefficient (Wildman–Crippen LogP) is -2.70. The Morgan fingerprint density at radius 1 is 0.639 bits per heavy atom. The molecule has 61 heavy (non-hydrogen) atoms. The molecule has 8 N–H and O–H groups in total. The molecule has 0 aliphatic carbocycles. The van der Waals surface area contributed by atoms with E-state index in [4.69, 9.17) is 5.73 Å². The minimum absolute atomic E-state index is 0.0906. The minimum Gasteiger partial charge on any atom is -0.481 e. The van der Waals surface area contributed by atoms with Gasteiger partial charge in [-0.05, 0) is 63.4 Å². The van der Waals surface area contributed by atoms with Crippen molar-refractivity contribution in [1.29, 1.82) is 0 Å². The van der Waals surface area contributed by atoms with Gasteiger partial charge in [0.25, 0.3) is 0 Å². The summed E-state index contributed by atoms with van der Waals surface area (Å²) in [6.07, 6.45) is 2.52. The Bertz CT molecular complexity index is 1850. The maximum atomic E-state index is 13.9. The fourth-order valence-corrected chi connectivity index (χ4v) is 8.53. The average molecular weight is 854 g/mol. The van der Waals surface area contributed by atoms with E-state index in [-0.39, 0.29) is 39.0 Å². The van der Waals surface area contributed by atoms with Crippen LogP contribution in [0.4, 0.5) is 0 Å². The second-order valence-electron chi connectivity index (χ2n) is 15.7. The Labute approximate surface area is 352 Å². The van der Waals surface area contributed by atoms with E-state index in [2.05, 4.69) is 21.3 Å². The van der Waals surface area contributed by atoms with Crippen molar-refractivity contribution < 1.29 is 58.2 Å². The fraction of sp³-hybridized carbons (Fsp3) is 0.600. The maximum Gasteiger partial charge on any atom is 0.326 e. The summed E-state index contributed by atoms with van der Waals surface area (Å²) in [6.45, 7) is -0.453. The van der Waals surface area contributed by atoms with Crippen LogP contribution in [-0.4, -0.2) is 171 Å². The Hall–Kier alpha value is -6.12. The first kappa shape index (κ1) is 46.0. The van der Waals surface area contributed by atoms with Crippen molar-refractivity contribution in [2.75, 3.05) is 45.8 Å². The fourth-order valence-electron chi connectivity index (χ4n) is 8.53. The Balaban J connectivity index is 1.15. The third kappa shape index (κ3) is 11.8. The summed E-state index contributed by atoms with van der Waals surface area (Å²) in [5.41, 5.74) is 6.20. The van der Waals surface area contributed by atoms with Gasteiger partial charge in [-0.1, -0.05) is 30.3 Å². The highest BCUT2D eigenvalue weighted by molar-refractivity contribution is 5.97. The first-order valence-electron chi connectivity index (χ1n) is 20.7. The van der Waals surface area contributed by atoms with Gasteiger partial charge in [0.2, 0.25) is 47.3 Å². The van der Waals surface area contributed by atoms with Gasteiger partial charge in [0.15, 0.2) is 0 Å². The second-order valence-corrected chi connectivity index (χ2v) is 15.7. The van der Waals surface area contributed by atoms with Crippen LogP contribution < -0.4 is 27.0 Å². The number of nitrogens with one attached hydrogen (secondary N) is 4. The first-order valence-corrected chi connectivity index (χ1v) is 20.7. The number of hydrogen-bond acceptors (Lipinski definition) is 11. The lowest BCUT2D eigenvalue weighted by Crippen LogP contribution is -2.56. The molecule has 0 bridgehead atoms. The lowest BCUT2D eigenvalue weighted by molar-refractivity contribution is -0.149. The summed E-state index contributed by atoms with van der Waals surface area (Å²) >= 11 is 0. The number of benzene rings is 1. The highest BCUT2D eigenvalue weighted by Crippen LogP contribution is 2.26. The van der Waals surface area contributed by atoms with Crippen molar-refractivity contribution in [3.05, 3.63) is 35.9 Å². The van der Waals surface area contributed by atoms with Crippen molar-refractivity contribution in [1.82, 2.24) is 40.9 Å². The molecule has 4 aliphatic heterocycles. The smallest absolute Gasteiger partial charge is 0.326 e. The van der Waals surface area contributed by atoms with Gasteiger partial charge >= 0.3 is 11.9 Å². The Morgan fingerprint density at radius 2 is 1.21 bits per heavy atom. The van der Waals surface area contributed by atoms with Gasteiger partial charge in [-0.25, -0.2) is 4.79 Å². The largest absolute Gasteiger partial charge is 0.481 e. The van der Waals surface area contributed by atoms with E-state index in [1.807, 2.05) is 0 Å². The Morgan fingerprint density at radius 3 is 1.84 bits per heavy atom. The monoisotopic (exact) mass is 853 g/mol. The number of carboxylic acid groups (broad SMARTS) is 2. The van der Waals surface area contributed by atoms with Crippen molar-refractivity contribution in [3.63, 3.8) is 0 Å². The van der Waals surface area contributed by atoms with E-state index < -0.39 is 115 Å². The van der Waals surface area contributed by atoms with Gasteiger partial charge in [-0.3, -0.25) is 43.2 Å². The molecule has 4 saturated heterocycles. The standard InChI is InChI=1S/C40H55N9O12/c41-21-32(51)46-16-4-11-28(46)37(57)45-25(14-15-34(53)54)35(55)43-23-33(52)47-17-6-12-29(47)39(59)48-18-5-10-27(48)36(56)42-22-31(50)44-26(20-24-8-2-1-3-9-24)38(58)49-19-7-13-30(49)40(60)61/h1-3,8-9,25-30H,4-7,10-23,41H2,(H,42,56)(H,43,55)(H,44,50)(H,45,57)(H,53,54)(H,60,61)/t25-,26-,27-,28-,29-,30-/m0/s1. The molecular weight excluding hydrogens is 798 g/mol. The molecule has 5 rings (SSSR count). The van der Waals surface area contributed by atoms with E-state index in [9.17, 15) is 58.2 Å². The van der Waals surface area contributed by atoms with E-state index in [0.29, 0.717) is 57.9 Å². The Kier molecular flexibility index (Phi) is 16.1. The minimum atomic E-state index is -1.33. The molecular formula is C40H55N9O12. The summed E-state index contributed by atoms with van der Waals surface area (Å²) < 4.78 is 0. The number of carbonyl (C=O) groups excluding carboxylic acids is 8. The molecule has 21 nitrogen and oxygen atoms in total. The van der Waals surface area contributed by atoms with Gasteiger partial charge in [-0.2, -0.15) is 0 Å². The summed E-state index contributed by atoms with van der Waals surface area (Å²) in [5, 5.41) is 29.1. The highest BCUT2D eigenvalue weighted by Gasteiger charge is 2.43. The third-order valence-corrected chi connectivity index (χ3v) is 11.6. The van der Waals surface area contributed by atoms with E-state index >= 15 is 0 Å². The van der Waals surface area contributed by atoms with Crippen molar-refractivity contribution >= 4 is 59.2 Å². The SMILES string of the molecule is NCC(=O)N1CCC[C@H]1C(=O)N[C@@H](CCC(=O)O)C(=O)NCC(=O)N1CCC[C@H]1C(=O)N1CCC[C@H]1C(=O)NCC(=O)N[C@@H](Cc1ccccc1)C(=O)N1CCC[C@H]1C(=O)O. The summed E-state index contributed by atoms with van der Waals surface area (Å²) in [4.78, 5) is 135. The molecule has 332 valence electrons. The van der Waals surface area contributed by atoms with Crippen LogP contribution in [0.1, 0.15) is 69.8 Å². The van der Waals surface area contributed by atoms with Gasteiger partial charge in [0, 0.05) is 39.0 Å². The molecule has 0 saturated carbocycles. The van der Waals surface area contributed by atoms with E-state index in [0.717, 1.165) is 5.56 Å². The molecule has 1 aromatic rings. The topological polar surface area (TPSA) is 298 Å². The average Bonchev–Trinajstić information content (AvgIpc) is 4.09. The van der Waals surface area contributed by atoms with Crippen molar-refractivity contribution in [2.45, 2.75) is 107 Å². The van der Waals surface area contributed by atoms with Crippen LogP contribution in [-0.2, 0) is 54.4 Å². The van der Waals surface area contributed by atoms with Crippen LogP contribution >= 0.6 is 0 Å². The number of nitrogens with zero attached hydrogens (tertiary/aromatic N) is 4. The normalized spacial score (nSPS) is 22.0. The van der Waals surface area contributed by atoms with Crippen LogP contribution in [0.2, 0.25) is 0 Å². The van der Waals surface area contributed by atoms with Crippen LogP contribution in [0.3, 0.4) is 0 Å². The van der Waals surface area contributed by atoms with Gasteiger partial charge in [-0.15, -0.1) is 0 Å². The summed E-state index contributed by atoms with van der Waals surface area (Å²) in [7, 11) is 0. The lowest BCUT2D eigenvalue weighted by Gasteiger charge is -2.31. The number of carboxylic acids is 2. The van der Waals surface area contributed by atoms with Gasteiger partial charge in [0.05, 0.1) is 19.6 Å². The highest BCUT2D eigenvalue weighted by atomic mass is 16.4. The molecule has 0 aromatic heterocycles. The predicted molar refractivity (Wildman–Crippen MR) is 213 cm³/mol. The number of rotatable bonds is 18.